The Kier molecular flexibility index (Phi) is 5.55. The number of rotatable bonds is 5. The summed E-state index contributed by atoms with van der Waals surface area (Å²) in [5.41, 5.74) is 0.936. The predicted octanol–water partition coefficient (Wildman–Crippen LogP) is 2.45. The average molecular weight is 345 g/mol. The number of nitrogens with one attached hydrogen (secondary N) is 1. The monoisotopic (exact) mass is 345 g/mol. The highest BCUT2D eigenvalue weighted by Crippen LogP contribution is 2.22. The van der Waals surface area contributed by atoms with Crippen LogP contribution in [0.1, 0.15) is 40.6 Å². The van der Waals surface area contributed by atoms with Crippen molar-refractivity contribution in [3.8, 4) is 5.75 Å². The molecular formula is C18H20FN3O3. The Labute approximate surface area is 145 Å². The SMILES string of the molecule is COc1ccc(C(=O)NCc2ccnc([C@@H]3CCCOC3)n2)cc1F. The van der Waals surface area contributed by atoms with Crippen LogP contribution >= 0.6 is 0 Å². The molecule has 1 atom stereocenters. The van der Waals surface area contributed by atoms with Gasteiger partial charge in [0.25, 0.3) is 5.91 Å². The maximum absolute atomic E-state index is 13.7. The molecule has 0 aliphatic carbocycles. The Morgan fingerprint density at radius 2 is 2.32 bits per heavy atom. The lowest BCUT2D eigenvalue weighted by molar-refractivity contribution is 0.0779. The van der Waals surface area contributed by atoms with E-state index in [0.29, 0.717) is 12.3 Å². The smallest absolute Gasteiger partial charge is 0.251 e. The number of halogens is 1. The molecule has 25 heavy (non-hydrogen) atoms. The van der Waals surface area contributed by atoms with E-state index in [9.17, 15) is 9.18 Å². The number of amides is 1. The summed E-state index contributed by atoms with van der Waals surface area (Å²) in [5, 5.41) is 2.74. The summed E-state index contributed by atoms with van der Waals surface area (Å²) in [6, 6.07) is 5.85. The van der Waals surface area contributed by atoms with Crippen molar-refractivity contribution in [1.82, 2.24) is 15.3 Å². The van der Waals surface area contributed by atoms with Crippen LogP contribution in [0.2, 0.25) is 0 Å². The van der Waals surface area contributed by atoms with E-state index in [2.05, 4.69) is 15.3 Å². The lowest BCUT2D eigenvalue weighted by Crippen LogP contribution is -2.24. The largest absolute Gasteiger partial charge is 0.494 e. The van der Waals surface area contributed by atoms with E-state index < -0.39 is 5.82 Å². The third-order valence-corrected chi connectivity index (χ3v) is 4.10. The van der Waals surface area contributed by atoms with Gasteiger partial charge in [0, 0.05) is 24.3 Å². The average Bonchev–Trinajstić information content (AvgIpc) is 2.67. The molecule has 0 bridgehead atoms. The topological polar surface area (TPSA) is 73.3 Å². The van der Waals surface area contributed by atoms with E-state index in [-0.39, 0.29) is 29.7 Å². The van der Waals surface area contributed by atoms with Crippen LogP contribution in [0.4, 0.5) is 4.39 Å². The minimum atomic E-state index is -0.572. The van der Waals surface area contributed by atoms with Crippen LogP contribution in [-0.4, -0.2) is 36.2 Å². The standard InChI is InChI=1S/C18H20FN3O3/c1-24-16-5-4-12(9-15(16)19)18(23)21-10-14-6-7-20-17(22-14)13-3-2-8-25-11-13/h4-7,9,13H,2-3,8,10-11H2,1H3,(H,21,23)/t13-/m1/s1. The van der Waals surface area contributed by atoms with Crippen LogP contribution in [0.5, 0.6) is 5.75 Å². The van der Waals surface area contributed by atoms with Crippen LogP contribution in [-0.2, 0) is 11.3 Å². The highest BCUT2D eigenvalue weighted by atomic mass is 19.1. The Bertz CT molecular complexity index is 748. The fourth-order valence-corrected chi connectivity index (χ4v) is 2.73. The first-order chi connectivity index (χ1) is 12.2. The zero-order valence-corrected chi connectivity index (χ0v) is 14.0. The number of ether oxygens (including phenoxy) is 2. The van der Waals surface area contributed by atoms with Crippen molar-refractivity contribution in [3.63, 3.8) is 0 Å². The molecule has 1 saturated heterocycles. The Balaban J connectivity index is 1.63. The first-order valence-electron chi connectivity index (χ1n) is 8.18. The number of carbonyl (C=O) groups is 1. The molecule has 132 valence electrons. The minimum Gasteiger partial charge on any atom is -0.494 e. The number of carbonyl (C=O) groups excluding carboxylic acids is 1. The van der Waals surface area contributed by atoms with Gasteiger partial charge in [0.05, 0.1) is 26.0 Å². The summed E-state index contributed by atoms with van der Waals surface area (Å²) in [6.45, 7) is 1.65. The number of nitrogens with zero attached hydrogens (tertiary/aromatic N) is 2. The van der Waals surface area contributed by atoms with Crippen molar-refractivity contribution < 1.29 is 18.7 Å². The molecule has 3 rings (SSSR count). The van der Waals surface area contributed by atoms with Gasteiger partial charge in [-0.25, -0.2) is 14.4 Å². The Morgan fingerprint density at radius 3 is 3.04 bits per heavy atom. The van der Waals surface area contributed by atoms with Crippen LogP contribution in [0.3, 0.4) is 0 Å². The minimum absolute atomic E-state index is 0.103. The van der Waals surface area contributed by atoms with Crippen LogP contribution in [0.15, 0.2) is 30.5 Å². The van der Waals surface area contributed by atoms with E-state index in [1.165, 1.54) is 19.2 Å². The molecule has 6 nitrogen and oxygen atoms in total. The van der Waals surface area contributed by atoms with Crippen molar-refractivity contribution in [1.29, 1.82) is 0 Å². The van der Waals surface area contributed by atoms with Crippen molar-refractivity contribution >= 4 is 5.91 Å². The third-order valence-electron chi connectivity index (χ3n) is 4.10. The molecule has 0 spiro atoms. The molecule has 1 aromatic carbocycles. The number of benzene rings is 1. The summed E-state index contributed by atoms with van der Waals surface area (Å²) in [7, 11) is 1.38. The van der Waals surface area contributed by atoms with Crippen molar-refractivity contribution in [2.45, 2.75) is 25.3 Å². The fourth-order valence-electron chi connectivity index (χ4n) is 2.73. The van der Waals surface area contributed by atoms with Gasteiger partial charge in [-0.15, -0.1) is 0 Å². The maximum Gasteiger partial charge on any atom is 0.251 e. The summed E-state index contributed by atoms with van der Waals surface area (Å²) in [5.74, 6) is 0.0909. The molecule has 1 aliphatic rings. The van der Waals surface area contributed by atoms with Crippen LogP contribution in [0, 0.1) is 5.82 Å². The van der Waals surface area contributed by atoms with E-state index in [1.807, 2.05) is 0 Å². The number of methoxy groups -OCH3 is 1. The predicted molar refractivity (Wildman–Crippen MR) is 88.9 cm³/mol. The van der Waals surface area contributed by atoms with Crippen molar-refractivity contribution in [3.05, 3.63) is 53.4 Å². The van der Waals surface area contributed by atoms with E-state index in [0.717, 1.165) is 31.3 Å². The molecule has 1 N–H and O–H groups in total. The van der Waals surface area contributed by atoms with E-state index in [4.69, 9.17) is 9.47 Å². The molecule has 2 aromatic rings. The number of hydrogen-bond acceptors (Lipinski definition) is 5. The third kappa shape index (κ3) is 4.30. The van der Waals surface area contributed by atoms with E-state index >= 15 is 0 Å². The lowest BCUT2D eigenvalue weighted by Gasteiger charge is -2.20. The van der Waals surface area contributed by atoms with E-state index in [1.54, 1.807) is 12.3 Å². The summed E-state index contributed by atoms with van der Waals surface area (Å²) in [4.78, 5) is 21.0. The van der Waals surface area contributed by atoms with Gasteiger partial charge >= 0.3 is 0 Å². The molecule has 1 fully saturated rings. The summed E-state index contributed by atoms with van der Waals surface area (Å²) in [6.07, 6.45) is 3.68. The first kappa shape index (κ1) is 17.3. The molecule has 0 saturated carbocycles. The van der Waals surface area contributed by atoms with Gasteiger partial charge in [-0.2, -0.15) is 0 Å². The lowest BCUT2D eigenvalue weighted by atomic mass is 10.0. The number of hydrogen-bond donors (Lipinski definition) is 1. The second-order valence-electron chi connectivity index (χ2n) is 5.85. The van der Waals surface area contributed by atoms with Gasteiger partial charge in [-0.05, 0) is 37.1 Å². The second-order valence-corrected chi connectivity index (χ2v) is 5.85. The molecule has 1 amide bonds. The number of aromatic nitrogens is 2. The fraction of sp³-hybridized carbons (Fsp3) is 0.389. The molecule has 7 heteroatoms. The first-order valence-corrected chi connectivity index (χ1v) is 8.18. The van der Waals surface area contributed by atoms with Gasteiger partial charge in [-0.1, -0.05) is 0 Å². The van der Waals surface area contributed by atoms with Gasteiger partial charge in [0.1, 0.15) is 5.82 Å². The van der Waals surface area contributed by atoms with Crippen LogP contribution < -0.4 is 10.1 Å². The van der Waals surface area contributed by atoms with Gasteiger partial charge in [-0.3, -0.25) is 4.79 Å². The summed E-state index contributed by atoms with van der Waals surface area (Å²) >= 11 is 0. The Morgan fingerprint density at radius 1 is 1.44 bits per heavy atom. The normalized spacial score (nSPS) is 17.1. The second kappa shape index (κ2) is 8.02. The zero-order valence-electron chi connectivity index (χ0n) is 14.0. The highest BCUT2D eigenvalue weighted by molar-refractivity contribution is 5.94. The molecule has 1 aliphatic heterocycles. The van der Waals surface area contributed by atoms with Crippen molar-refractivity contribution in [2.75, 3.05) is 20.3 Å². The zero-order chi connectivity index (χ0) is 17.6. The molecule has 1 aromatic heterocycles. The highest BCUT2D eigenvalue weighted by Gasteiger charge is 2.19. The Hall–Kier alpha value is -2.54. The molecule has 2 heterocycles. The molecular weight excluding hydrogens is 325 g/mol. The summed E-state index contributed by atoms with van der Waals surface area (Å²) < 4.78 is 24.0. The van der Waals surface area contributed by atoms with Gasteiger partial charge < -0.3 is 14.8 Å². The van der Waals surface area contributed by atoms with Gasteiger partial charge in [0.15, 0.2) is 11.6 Å². The quantitative estimate of drug-likeness (QED) is 0.901. The molecule has 0 radical (unpaired) electrons. The van der Waals surface area contributed by atoms with Crippen molar-refractivity contribution in [2.24, 2.45) is 0 Å². The molecule has 0 unspecified atom stereocenters. The van der Waals surface area contributed by atoms with Crippen LogP contribution in [0.25, 0.3) is 0 Å². The van der Waals surface area contributed by atoms with Gasteiger partial charge in [0.2, 0.25) is 0 Å². The maximum atomic E-state index is 13.7.